The zero-order valence-corrected chi connectivity index (χ0v) is 21.7. The van der Waals surface area contributed by atoms with Crippen LogP contribution in [0.2, 0.25) is 5.02 Å². The van der Waals surface area contributed by atoms with E-state index in [-0.39, 0.29) is 12.5 Å². The summed E-state index contributed by atoms with van der Waals surface area (Å²) in [5, 5.41) is 9.84. The van der Waals surface area contributed by atoms with Crippen LogP contribution in [-0.2, 0) is 11.2 Å². The maximum absolute atomic E-state index is 13.4. The van der Waals surface area contributed by atoms with Gasteiger partial charge < -0.3 is 5.11 Å². The van der Waals surface area contributed by atoms with Crippen LogP contribution in [0.5, 0.6) is 0 Å². The second-order valence-corrected chi connectivity index (χ2v) is 12.5. The summed E-state index contributed by atoms with van der Waals surface area (Å²) in [6.45, 7) is 0.234. The first-order valence-electron chi connectivity index (χ1n) is 11.8. The summed E-state index contributed by atoms with van der Waals surface area (Å²) in [7, 11) is 0. The first-order chi connectivity index (χ1) is 16.0. The topological polar surface area (TPSA) is 40.5 Å². The van der Waals surface area contributed by atoms with Crippen LogP contribution < -0.4 is 0 Å². The highest BCUT2D eigenvalue weighted by Gasteiger charge is 2.48. The minimum atomic E-state index is 0.0928. The normalized spacial score (nSPS) is 25.7. The van der Waals surface area contributed by atoms with E-state index in [9.17, 15) is 4.79 Å². The van der Waals surface area contributed by atoms with Crippen molar-refractivity contribution in [1.82, 2.24) is 4.90 Å². The Kier molecular flexibility index (Phi) is 7.29. The maximum atomic E-state index is 13.4. The van der Waals surface area contributed by atoms with Gasteiger partial charge in [-0.1, -0.05) is 60.6 Å². The molecule has 1 aliphatic heterocycles. The molecule has 3 aliphatic rings. The highest BCUT2D eigenvalue weighted by molar-refractivity contribution is 8.26. The van der Waals surface area contributed by atoms with Gasteiger partial charge in [0, 0.05) is 27.4 Å². The molecule has 1 aromatic carbocycles. The summed E-state index contributed by atoms with van der Waals surface area (Å²) < 4.78 is 0.725. The fourth-order valence-electron chi connectivity index (χ4n) is 5.53. The van der Waals surface area contributed by atoms with Gasteiger partial charge in [-0.15, -0.1) is 11.3 Å². The number of thioether (sulfide) groups is 1. The Morgan fingerprint density at radius 1 is 1.15 bits per heavy atom. The van der Waals surface area contributed by atoms with Crippen molar-refractivity contribution in [3.8, 4) is 10.4 Å². The molecule has 2 heterocycles. The Labute approximate surface area is 214 Å². The molecule has 1 amide bonds. The fraction of sp³-hybridized carbons (Fsp3) is 0.462. The Morgan fingerprint density at radius 3 is 2.67 bits per heavy atom. The van der Waals surface area contributed by atoms with Crippen LogP contribution in [0.3, 0.4) is 0 Å². The average Bonchev–Trinajstić information content (AvgIpc) is 3.57. The van der Waals surface area contributed by atoms with Crippen molar-refractivity contribution in [3.05, 3.63) is 50.7 Å². The van der Waals surface area contributed by atoms with Crippen molar-refractivity contribution < 1.29 is 9.90 Å². The van der Waals surface area contributed by atoms with E-state index < -0.39 is 0 Å². The minimum Gasteiger partial charge on any atom is -0.396 e. The molecule has 174 valence electrons. The van der Waals surface area contributed by atoms with Crippen LogP contribution in [-0.4, -0.2) is 32.9 Å². The quantitative estimate of drug-likeness (QED) is 0.229. The largest absolute Gasteiger partial charge is 0.396 e. The number of aliphatic hydroxyl groups is 1. The summed E-state index contributed by atoms with van der Waals surface area (Å²) >= 11 is 15.0. The van der Waals surface area contributed by atoms with E-state index >= 15 is 0 Å². The number of aryl methyl sites for hydroxylation is 1. The van der Waals surface area contributed by atoms with Crippen molar-refractivity contribution in [1.29, 1.82) is 0 Å². The third-order valence-electron chi connectivity index (χ3n) is 7.19. The number of carbonyl (C=O) groups is 1. The van der Waals surface area contributed by atoms with Crippen LogP contribution in [0.1, 0.15) is 55.4 Å². The molecule has 3 nitrogen and oxygen atoms in total. The number of amides is 1. The highest BCUT2D eigenvalue weighted by atomic mass is 35.5. The molecular weight excluding hydrogens is 490 g/mol. The number of thiophene rings is 1. The van der Waals surface area contributed by atoms with Crippen molar-refractivity contribution in [2.45, 2.75) is 57.4 Å². The van der Waals surface area contributed by atoms with Crippen molar-refractivity contribution >= 4 is 63.2 Å². The molecule has 1 aromatic heterocycles. The molecule has 3 fully saturated rings. The maximum Gasteiger partial charge on any atom is 0.266 e. The Balaban J connectivity index is 1.41. The third kappa shape index (κ3) is 4.96. The van der Waals surface area contributed by atoms with Crippen LogP contribution >= 0.6 is 46.9 Å². The number of thiocarbonyl (C=S) groups is 1. The van der Waals surface area contributed by atoms with E-state index in [1.165, 1.54) is 41.5 Å². The zero-order valence-electron chi connectivity index (χ0n) is 18.5. The Hall–Kier alpha value is -1.18. The van der Waals surface area contributed by atoms with Gasteiger partial charge in [-0.3, -0.25) is 9.69 Å². The van der Waals surface area contributed by atoms with E-state index in [0.29, 0.717) is 12.0 Å². The van der Waals surface area contributed by atoms with Crippen LogP contribution in [0, 0.1) is 11.8 Å². The molecule has 1 saturated heterocycles. The van der Waals surface area contributed by atoms with E-state index in [2.05, 4.69) is 12.1 Å². The first kappa shape index (κ1) is 23.6. The predicted octanol–water partition coefficient (Wildman–Crippen LogP) is 7.16. The number of halogens is 1. The molecule has 0 spiro atoms. The zero-order chi connectivity index (χ0) is 22.9. The standard InChI is InChI=1S/C26H28ClNO2S3/c27-20-9-7-17(8-10-20)22-14-19(4-2-1-3-11-29)23(32-22)15-24-25(30)28(26(31)33-24)21-13-16-5-6-18(21)12-16/h7-10,14-16,18,21,29H,1-6,11-13H2/b24-15-. The SMILES string of the molecule is O=C1/C(=C/c2sc(-c3ccc(Cl)cc3)cc2CCCCCO)SC(=S)N1C1CC2CCC1C2. The van der Waals surface area contributed by atoms with Crippen molar-refractivity contribution in [3.63, 3.8) is 0 Å². The number of carbonyl (C=O) groups excluding carboxylic acids is 1. The molecule has 1 N–H and O–H groups in total. The number of unbranched alkanes of at least 4 members (excludes halogenated alkanes) is 2. The number of aliphatic hydroxyl groups excluding tert-OH is 1. The Bertz CT molecular complexity index is 1080. The first-order valence-corrected chi connectivity index (χ1v) is 14.2. The third-order valence-corrected chi connectivity index (χ3v) is 9.95. The van der Waals surface area contributed by atoms with E-state index in [0.717, 1.165) is 62.7 Å². The summed E-state index contributed by atoms with van der Waals surface area (Å²) in [4.78, 5) is 18.4. The smallest absolute Gasteiger partial charge is 0.266 e. The molecule has 2 aromatic rings. The number of hydrogen-bond donors (Lipinski definition) is 1. The van der Waals surface area contributed by atoms with Crippen LogP contribution in [0.4, 0.5) is 0 Å². The summed E-state index contributed by atoms with van der Waals surface area (Å²) in [6, 6.07) is 10.5. The van der Waals surface area contributed by atoms with Gasteiger partial charge in [0.25, 0.3) is 5.91 Å². The van der Waals surface area contributed by atoms with Crippen LogP contribution in [0.25, 0.3) is 16.5 Å². The highest BCUT2D eigenvalue weighted by Crippen LogP contribution is 2.49. The van der Waals surface area contributed by atoms with Crippen molar-refractivity contribution in [2.75, 3.05) is 6.61 Å². The number of fused-ring (bicyclic) bond motifs is 2. The molecule has 5 rings (SSSR count). The molecular formula is C26H28ClNO2S3. The molecule has 2 saturated carbocycles. The number of nitrogens with zero attached hydrogens (tertiary/aromatic N) is 1. The van der Waals surface area contributed by atoms with Crippen LogP contribution in [0.15, 0.2) is 35.2 Å². The number of benzene rings is 1. The van der Waals surface area contributed by atoms with Crippen molar-refractivity contribution in [2.24, 2.45) is 11.8 Å². The Morgan fingerprint density at radius 2 is 1.97 bits per heavy atom. The fourth-order valence-corrected chi connectivity index (χ4v) is 8.25. The van der Waals surface area contributed by atoms with Gasteiger partial charge >= 0.3 is 0 Å². The molecule has 3 atom stereocenters. The molecule has 2 aliphatic carbocycles. The van der Waals surface area contributed by atoms with E-state index in [1.54, 1.807) is 11.3 Å². The lowest BCUT2D eigenvalue weighted by atomic mass is 9.94. The lowest BCUT2D eigenvalue weighted by Crippen LogP contribution is -2.41. The molecule has 7 heteroatoms. The molecule has 0 radical (unpaired) electrons. The minimum absolute atomic E-state index is 0.0928. The molecule has 33 heavy (non-hydrogen) atoms. The van der Waals surface area contributed by atoms with Gasteiger partial charge in [0.2, 0.25) is 0 Å². The van der Waals surface area contributed by atoms with Gasteiger partial charge in [-0.2, -0.15) is 0 Å². The molecule has 3 unspecified atom stereocenters. The van der Waals surface area contributed by atoms with Gasteiger partial charge in [0.05, 0.1) is 4.91 Å². The monoisotopic (exact) mass is 517 g/mol. The average molecular weight is 518 g/mol. The summed E-state index contributed by atoms with van der Waals surface area (Å²) in [5.74, 6) is 1.49. The van der Waals surface area contributed by atoms with Gasteiger partial charge in [-0.05, 0) is 85.8 Å². The van der Waals surface area contributed by atoms with E-state index in [4.69, 9.17) is 28.9 Å². The predicted molar refractivity (Wildman–Crippen MR) is 144 cm³/mol. The lowest BCUT2D eigenvalue weighted by Gasteiger charge is -2.30. The second kappa shape index (κ2) is 10.2. The lowest BCUT2D eigenvalue weighted by molar-refractivity contribution is -0.124. The van der Waals surface area contributed by atoms with Gasteiger partial charge in [0.1, 0.15) is 4.32 Å². The summed E-state index contributed by atoms with van der Waals surface area (Å²) in [6.07, 6.45) is 10.8. The number of hydrogen-bond acceptors (Lipinski definition) is 5. The molecule has 2 bridgehead atoms. The van der Waals surface area contributed by atoms with E-state index in [1.807, 2.05) is 29.2 Å². The van der Waals surface area contributed by atoms with Gasteiger partial charge in [-0.25, -0.2) is 0 Å². The second-order valence-electron chi connectivity index (χ2n) is 9.34. The van der Waals surface area contributed by atoms with Gasteiger partial charge in [0.15, 0.2) is 0 Å². The summed E-state index contributed by atoms with van der Waals surface area (Å²) in [5.41, 5.74) is 2.39. The number of rotatable bonds is 8.